The van der Waals surface area contributed by atoms with E-state index in [0.717, 1.165) is 5.57 Å². The number of aliphatic hydroxyl groups is 1. The second kappa shape index (κ2) is 7.33. The van der Waals surface area contributed by atoms with Crippen molar-refractivity contribution in [3.8, 4) is 0 Å². The number of ether oxygens (including phenoxy) is 3. The van der Waals surface area contributed by atoms with E-state index in [-0.39, 0.29) is 25.9 Å². The summed E-state index contributed by atoms with van der Waals surface area (Å²) in [5.41, 5.74) is -0.676. The summed E-state index contributed by atoms with van der Waals surface area (Å²) in [6.07, 6.45) is 1.36. The molecule has 0 saturated carbocycles. The van der Waals surface area contributed by atoms with Crippen molar-refractivity contribution in [3.63, 3.8) is 0 Å². The van der Waals surface area contributed by atoms with Crippen molar-refractivity contribution in [2.24, 2.45) is 0 Å². The average Bonchev–Trinajstić information content (AvgIpc) is 2.87. The zero-order valence-electron chi connectivity index (χ0n) is 14.4. The van der Waals surface area contributed by atoms with E-state index in [0.29, 0.717) is 17.9 Å². The maximum Gasteiger partial charge on any atom is 0.328 e. The van der Waals surface area contributed by atoms with Crippen LogP contribution in [0.4, 0.5) is 0 Å². The van der Waals surface area contributed by atoms with Crippen LogP contribution in [-0.4, -0.2) is 53.3 Å². The molecular weight excluding hydrogens is 316 g/mol. The van der Waals surface area contributed by atoms with Gasteiger partial charge in [0, 0.05) is 24.4 Å². The molecular formula is C16H24N2O6. The van der Waals surface area contributed by atoms with E-state index < -0.39 is 16.9 Å². The van der Waals surface area contributed by atoms with Crippen LogP contribution in [0.3, 0.4) is 0 Å². The summed E-state index contributed by atoms with van der Waals surface area (Å²) < 4.78 is 18.2. The Labute approximate surface area is 139 Å². The van der Waals surface area contributed by atoms with Gasteiger partial charge < -0.3 is 19.3 Å². The summed E-state index contributed by atoms with van der Waals surface area (Å²) in [7, 11) is 1.59. The van der Waals surface area contributed by atoms with Gasteiger partial charge in [0.1, 0.15) is 24.6 Å². The molecule has 0 fully saturated rings. The number of aryl methyl sites for hydroxylation is 1. The number of nitrogens with zero attached hydrogens (tertiary/aromatic N) is 1. The molecule has 2 heterocycles. The number of hydrogen-bond acceptors (Lipinski definition) is 6. The van der Waals surface area contributed by atoms with E-state index in [2.05, 4.69) is 4.98 Å². The third kappa shape index (κ3) is 3.61. The molecule has 134 valence electrons. The fourth-order valence-electron chi connectivity index (χ4n) is 2.55. The molecule has 24 heavy (non-hydrogen) atoms. The lowest BCUT2D eigenvalue weighted by molar-refractivity contribution is -0.0853. The fraction of sp³-hybridized carbons (Fsp3) is 0.625. The molecule has 0 aliphatic carbocycles. The van der Waals surface area contributed by atoms with Crippen molar-refractivity contribution in [2.45, 2.75) is 39.0 Å². The molecule has 8 nitrogen and oxygen atoms in total. The smallest absolute Gasteiger partial charge is 0.328 e. The van der Waals surface area contributed by atoms with E-state index in [1.807, 2.05) is 6.92 Å². The van der Waals surface area contributed by atoms with Gasteiger partial charge in [-0.1, -0.05) is 0 Å². The van der Waals surface area contributed by atoms with E-state index in [9.17, 15) is 14.7 Å². The van der Waals surface area contributed by atoms with Crippen molar-refractivity contribution in [1.29, 1.82) is 0 Å². The minimum Gasteiger partial charge on any atom is -0.492 e. The van der Waals surface area contributed by atoms with E-state index >= 15 is 0 Å². The Balaban J connectivity index is 2.38. The highest BCUT2D eigenvalue weighted by Crippen LogP contribution is 2.34. The van der Waals surface area contributed by atoms with Gasteiger partial charge in [0.05, 0.1) is 19.3 Å². The van der Waals surface area contributed by atoms with Gasteiger partial charge in [0.15, 0.2) is 0 Å². The summed E-state index contributed by atoms with van der Waals surface area (Å²) in [4.78, 5) is 25.9. The maximum absolute atomic E-state index is 12.1. The highest BCUT2D eigenvalue weighted by atomic mass is 16.6. The molecule has 1 aliphatic rings. The lowest BCUT2D eigenvalue weighted by Gasteiger charge is -2.31. The molecule has 1 aromatic rings. The summed E-state index contributed by atoms with van der Waals surface area (Å²) in [5, 5.41) is 9.41. The molecule has 2 rings (SSSR count). The van der Waals surface area contributed by atoms with Gasteiger partial charge in [-0.3, -0.25) is 14.3 Å². The van der Waals surface area contributed by atoms with Gasteiger partial charge in [-0.15, -0.1) is 0 Å². The van der Waals surface area contributed by atoms with E-state index in [1.54, 1.807) is 21.0 Å². The first-order valence-electron chi connectivity index (χ1n) is 7.74. The summed E-state index contributed by atoms with van der Waals surface area (Å²) in [6, 6.07) is 0. The number of nitrogens with one attached hydrogen (secondary N) is 1. The van der Waals surface area contributed by atoms with Crippen molar-refractivity contribution < 1.29 is 19.3 Å². The van der Waals surface area contributed by atoms with Gasteiger partial charge in [-0.25, -0.2) is 4.79 Å². The van der Waals surface area contributed by atoms with Crippen LogP contribution in [0.1, 0.15) is 19.4 Å². The Kier molecular flexibility index (Phi) is 5.63. The van der Waals surface area contributed by atoms with Crippen LogP contribution in [0, 0.1) is 6.92 Å². The fourth-order valence-corrected chi connectivity index (χ4v) is 2.55. The maximum atomic E-state index is 12.1. The third-order valence-corrected chi connectivity index (χ3v) is 4.34. The lowest BCUT2D eigenvalue weighted by Crippen LogP contribution is -2.45. The summed E-state index contributed by atoms with van der Waals surface area (Å²) in [5.74, 6) is 0.439. The van der Waals surface area contributed by atoms with Crippen LogP contribution in [0.15, 0.2) is 27.1 Å². The Morgan fingerprint density at radius 3 is 2.75 bits per heavy atom. The molecule has 2 atom stereocenters. The number of aromatic nitrogens is 2. The Bertz CT molecular complexity index is 735. The summed E-state index contributed by atoms with van der Waals surface area (Å²) >= 11 is 0. The highest BCUT2D eigenvalue weighted by Gasteiger charge is 2.42. The van der Waals surface area contributed by atoms with Gasteiger partial charge >= 0.3 is 5.69 Å². The third-order valence-electron chi connectivity index (χ3n) is 4.34. The summed E-state index contributed by atoms with van der Waals surface area (Å²) in [6.45, 7) is 5.70. The molecule has 0 spiro atoms. The quantitative estimate of drug-likeness (QED) is 0.720. The Morgan fingerprint density at radius 1 is 1.46 bits per heavy atom. The van der Waals surface area contributed by atoms with E-state index in [1.165, 1.54) is 10.8 Å². The molecule has 1 aliphatic heterocycles. The standard InChI is InChI=1S/C16H24N2O6/c1-10-5-18(15(21)17-14(10)20)8-16(24-7-11(2)22-4)9-23-13(6-19)12(16)3/h5,11,19H,6-9H2,1-4H3,(H,17,20,21)/t11-,16?/m0/s1. The minimum atomic E-state index is -0.903. The molecule has 1 unspecified atom stereocenters. The molecule has 2 N–H and O–H groups in total. The topological polar surface area (TPSA) is 103 Å². The Morgan fingerprint density at radius 2 is 2.17 bits per heavy atom. The number of methoxy groups -OCH3 is 1. The van der Waals surface area contributed by atoms with Crippen molar-refractivity contribution in [3.05, 3.63) is 43.9 Å². The number of aliphatic hydroxyl groups excluding tert-OH is 1. The van der Waals surface area contributed by atoms with E-state index in [4.69, 9.17) is 14.2 Å². The van der Waals surface area contributed by atoms with Crippen molar-refractivity contribution in [2.75, 3.05) is 26.9 Å². The molecule has 0 saturated heterocycles. The number of aromatic amines is 1. The monoisotopic (exact) mass is 340 g/mol. The van der Waals surface area contributed by atoms with Gasteiger partial charge in [0.25, 0.3) is 5.56 Å². The zero-order chi connectivity index (χ0) is 17.9. The minimum absolute atomic E-state index is 0.137. The molecule has 0 aromatic carbocycles. The molecule has 8 heteroatoms. The van der Waals surface area contributed by atoms with Crippen LogP contribution in [0.2, 0.25) is 0 Å². The van der Waals surface area contributed by atoms with Gasteiger partial charge in [-0.2, -0.15) is 0 Å². The normalized spacial score (nSPS) is 21.9. The zero-order valence-corrected chi connectivity index (χ0v) is 14.4. The molecule has 0 radical (unpaired) electrons. The first-order chi connectivity index (χ1) is 11.3. The number of hydrogen-bond donors (Lipinski definition) is 2. The van der Waals surface area contributed by atoms with Crippen LogP contribution >= 0.6 is 0 Å². The van der Waals surface area contributed by atoms with Crippen LogP contribution in [0.25, 0.3) is 0 Å². The van der Waals surface area contributed by atoms with Crippen LogP contribution in [-0.2, 0) is 20.8 Å². The van der Waals surface area contributed by atoms with Crippen molar-refractivity contribution >= 4 is 0 Å². The molecule has 0 amide bonds. The predicted octanol–water partition coefficient (Wildman–Crippen LogP) is -0.0682. The SMILES string of the molecule is CO[C@@H](C)COC1(Cn2cc(C)c(=O)[nH]c2=O)COC(CO)=C1C. The largest absolute Gasteiger partial charge is 0.492 e. The number of rotatable bonds is 7. The van der Waals surface area contributed by atoms with Crippen molar-refractivity contribution in [1.82, 2.24) is 9.55 Å². The Hall–Kier alpha value is -1.90. The average molecular weight is 340 g/mol. The first kappa shape index (κ1) is 18.4. The lowest BCUT2D eigenvalue weighted by atomic mass is 9.96. The van der Waals surface area contributed by atoms with Gasteiger partial charge in [0.2, 0.25) is 0 Å². The first-order valence-corrected chi connectivity index (χ1v) is 7.74. The predicted molar refractivity (Wildman–Crippen MR) is 87.0 cm³/mol. The number of H-pyrrole nitrogens is 1. The second-order valence-electron chi connectivity index (χ2n) is 6.05. The van der Waals surface area contributed by atoms with Crippen LogP contribution in [0.5, 0.6) is 0 Å². The molecule has 1 aromatic heterocycles. The molecule has 0 bridgehead atoms. The second-order valence-corrected chi connectivity index (χ2v) is 6.05. The van der Waals surface area contributed by atoms with Crippen LogP contribution < -0.4 is 11.2 Å². The highest BCUT2D eigenvalue weighted by molar-refractivity contribution is 5.25. The van der Waals surface area contributed by atoms with Gasteiger partial charge in [-0.05, 0) is 20.8 Å².